The molecule has 0 aliphatic heterocycles. The molecule has 0 saturated heterocycles. The number of nitrogens with one attached hydrogen (secondary N) is 2. The third kappa shape index (κ3) is 6.11. The second kappa shape index (κ2) is 10.9. The van der Waals surface area contributed by atoms with Crippen molar-refractivity contribution in [1.82, 2.24) is 25.4 Å². The predicted molar refractivity (Wildman–Crippen MR) is 118 cm³/mol. The highest BCUT2D eigenvalue weighted by atomic mass is 127. The molecule has 0 saturated carbocycles. The van der Waals surface area contributed by atoms with Gasteiger partial charge in [-0.1, -0.05) is 6.92 Å². The van der Waals surface area contributed by atoms with Gasteiger partial charge in [-0.25, -0.2) is 4.99 Å². The van der Waals surface area contributed by atoms with Crippen LogP contribution in [0.1, 0.15) is 43.0 Å². The Morgan fingerprint density at radius 3 is 2.86 bits per heavy atom. The zero-order valence-electron chi connectivity index (χ0n) is 16.4. The van der Waals surface area contributed by atoms with Gasteiger partial charge in [0, 0.05) is 19.5 Å². The van der Waals surface area contributed by atoms with Crippen molar-refractivity contribution in [3.05, 3.63) is 60.0 Å². The molecule has 2 N–H and O–H groups in total. The maximum absolute atomic E-state index is 5.71. The van der Waals surface area contributed by atoms with Crippen molar-refractivity contribution in [2.45, 2.75) is 46.3 Å². The number of halogens is 1. The topological polar surface area (TPSA) is 93.4 Å². The second-order valence-electron chi connectivity index (χ2n) is 6.28. The summed E-state index contributed by atoms with van der Waals surface area (Å²) in [5.74, 6) is 4.23. The quantitative estimate of drug-likeness (QED) is 0.281. The Morgan fingerprint density at radius 2 is 2.18 bits per heavy atom. The molecule has 0 bridgehead atoms. The maximum Gasteiger partial charge on any atom is 0.192 e. The highest BCUT2D eigenvalue weighted by molar-refractivity contribution is 14.0. The van der Waals surface area contributed by atoms with E-state index in [1.165, 1.54) is 0 Å². The number of aryl methyl sites for hydroxylation is 2. The first-order valence-electron chi connectivity index (χ1n) is 9.16. The lowest BCUT2D eigenvalue weighted by Gasteiger charge is -2.17. The largest absolute Gasteiger partial charge is 0.467 e. The van der Waals surface area contributed by atoms with Gasteiger partial charge in [0.05, 0.1) is 12.3 Å². The molecule has 0 aromatic carbocycles. The summed E-state index contributed by atoms with van der Waals surface area (Å²) in [6, 6.07) is 7.69. The summed E-state index contributed by atoms with van der Waals surface area (Å²) in [6.45, 7) is 7.95. The summed E-state index contributed by atoms with van der Waals surface area (Å²) >= 11 is 0. The molecule has 0 aliphatic rings. The van der Waals surface area contributed by atoms with E-state index in [9.17, 15) is 0 Å². The molecule has 3 rings (SSSR count). The molecule has 0 radical (unpaired) electrons. The minimum Gasteiger partial charge on any atom is -0.467 e. The first kappa shape index (κ1) is 22.0. The number of nitrogens with zero attached hydrogens (tertiary/aromatic N) is 4. The lowest BCUT2D eigenvalue weighted by atomic mass is 10.2. The van der Waals surface area contributed by atoms with Crippen LogP contribution in [-0.4, -0.2) is 27.3 Å². The van der Waals surface area contributed by atoms with Crippen LogP contribution >= 0.6 is 24.0 Å². The Labute approximate surface area is 181 Å². The average molecular weight is 498 g/mol. The fraction of sp³-hybridized carbons (Fsp3) is 0.421. The molecule has 3 aromatic rings. The number of rotatable bonds is 8. The minimum absolute atomic E-state index is 0. The Hall–Kier alpha value is -2.30. The Balaban J connectivity index is 0.00000280. The summed E-state index contributed by atoms with van der Waals surface area (Å²) in [7, 11) is 0. The first-order valence-corrected chi connectivity index (χ1v) is 9.16. The van der Waals surface area contributed by atoms with Crippen LogP contribution < -0.4 is 10.6 Å². The van der Waals surface area contributed by atoms with Gasteiger partial charge in [0.25, 0.3) is 0 Å². The van der Waals surface area contributed by atoms with Gasteiger partial charge in [0.2, 0.25) is 0 Å². The lowest BCUT2D eigenvalue weighted by Crippen LogP contribution is -2.40. The highest BCUT2D eigenvalue weighted by Gasteiger charge is 2.12. The van der Waals surface area contributed by atoms with Crippen molar-refractivity contribution in [3.63, 3.8) is 0 Å². The SMILES string of the molecule is CCc1nncn1CCNC(=NCc1ccco1)NC(C)c1ccc(C)o1.I. The third-order valence-electron chi connectivity index (χ3n) is 4.17. The number of aliphatic imine (C=N–C) groups is 1. The highest BCUT2D eigenvalue weighted by Crippen LogP contribution is 2.15. The molecule has 3 aromatic heterocycles. The van der Waals surface area contributed by atoms with Crippen LogP contribution in [0, 0.1) is 6.92 Å². The molecule has 1 unspecified atom stereocenters. The van der Waals surface area contributed by atoms with Crippen LogP contribution in [0.5, 0.6) is 0 Å². The van der Waals surface area contributed by atoms with E-state index in [1.54, 1.807) is 12.6 Å². The van der Waals surface area contributed by atoms with Gasteiger partial charge in [-0.05, 0) is 38.1 Å². The standard InChI is InChI=1S/C19H26N6O2.HI/c1-4-18-24-22-13-25(18)10-9-20-19(21-12-16-6-5-11-26-16)23-15(3)17-8-7-14(2)27-17;/h5-8,11,13,15H,4,9-10,12H2,1-3H3,(H2,20,21,23);1H. The van der Waals surface area contributed by atoms with Crippen LogP contribution in [0.2, 0.25) is 0 Å². The summed E-state index contributed by atoms with van der Waals surface area (Å²) in [4.78, 5) is 4.62. The molecule has 152 valence electrons. The molecule has 1 atom stereocenters. The number of furan rings is 2. The average Bonchev–Trinajstić information content (AvgIpc) is 3.41. The van der Waals surface area contributed by atoms with Crippen LogP contribution in [0.3, 0.4) is 0 Å². The first-order chi connectivity index (χ1) is 13.2. The van der Waals surface area contributed by atoms with Gasteiger partial charge < -0.3 is 24.0 Å². The molecule has 0 amide bonds. The number of aromatic nitrogens is 3. The van der Waals surface area contributed by atoms with Crippen molar-refractivity contribution < 1.29 is 8.83 Å². The number of guanidine groups is 1. The van der Waals surface area contributed by atoms with Crippen molar-refractivity contribution in [1.29, 1.82) is 0 Å². The Morgan fingerprint density at radius 1 is 1.32 bits per heavy atom. The number of hydrogen-bond acceptors (Lipinski definition) is 5. The molecule has 8 nitrogen and oxygen atoms in total. The summed E-state index contributed by atoms with van der Waals surface area (Å²) in [6.07, 6.45) is 4.26. The molecule has 0 fully saturated rings. The van der Waals surface area contributed by atoms with Gasteiger partial charge >= 0.3 is 0 Å². The maximum atomic E-state index is 5.71. The monoisotopic (exact) mass is 498 g/mol. The molecule has 0 spiro atoms. The Kier molecular flexibility index (Phi) is 8.55. The molecule has 9 heteroatoms. The number of hydrogen-bond donors (Lipinski definition) is 2. The van der Waals surface area contributed by atoms with E-state index < -0.39 is 0 Å². The van der Waals surface area contributed by atoms with Crippen molar-refractivity contribution in [2.75, 3.05) is 6.54 Å². The van der Waals surface area contributed by atoms with E-state index in [2.05, 4.69) is 32.7 Å². The molecular formula is C19H27IN6O2. The zero-order chi connectivity index (χ0) is 19.1. The third-order valence-corrected chi connectivity index (χ3v) is 4.17. The van der Waals surface area contributed by atoms with E-state index in [0.717, 1.165) is 36.1 Å². The van der Waals surface area contributed by atoms with Crippen LogP contribution in [-0.2, 0) is 19.5 Å². The normalized spacial score (nSPS) is 12.5. The van der Waals surface area contributed by atoms with Gasteiger partial charge in [0.1, 0.15) is 36.0 Å². The van der Waals surface area contributed by atoms with Crippen LogP contribution in [0.25, 0.3) is 0 Å². The van der Waals surface area contributed by atoms with E-state index in [-0.39, 0.29) is 30.0 Å². The fourth-order valence-corrected chi connectivity index (χ4v) is 2.71. The van der Waals surface area contributed by atoms with E-state index in [1.807, 2.05) is 42.7 Å². The van der Waals surface area contributed by atoms with Crippen LogP contribution in [0.15, 0.2) is 50.7 Å². The zero-order valence-corrected chi connectivity index (χ0v) is 18.7. The molecule has 0 aliphatic carbocycles. The molecular weight excluding hydrogens is 471 g/mol. The smallest absolute Gasteiger partial charge is 0.192 e. The lowest BCUT2D eigenvalue weighted by molar-refractivity contribution is 0.440. The summed E-state index contributed by atoms with van der Waals surface area (Å²) < 4.78 is 13.1. The van der Waals surface area contributed by atoms with Gasteiger partial charge in [-0.3, -0.25) is 0 Å². The van der Waals surface area contributed by atoms with E-state index in [0.29, 0.717) is 19.0 Å². The van der Waals surface area contributed by atoms with E-state index in [4.69, 9.17) is 8.83 Å². The van der Waals surface area contributed by atoms with Crippen molar-refractivity contribution >= 4 is 29.9 Å². The van der Waals surface area contributed by atoms with Crippen molar-refractivity contribution in [3.8, 4) is 0 Å². The summed E-state index contributed by atoms with van der Waals surface area (Å²) in [5.41, 5.74) is 0. The Bertz CT molecular complexity index is 856. The molecule has 3 heterocycles. The minimum atomic E-state index is -0.0114. The van der Waals surface area contributed by atoms with Gasteiger partial charge in [-0.2, -0.15) is 0 Å². The van der Waals surface area contributed by atoms with E-state index >= 15 is 0 Å². The molecule has 28 heavy (non-hydrogen) atoms. The van der Waals surface area contributed by atoms with Crippen molar-refractivity contribution in [2.24, 2.45) is 4.99 Å². The van der Waals surface area contributed by atoms with Gasteiger partial charge in [0.15, 0.2) is 5.96 Å². The van der Waals surface area contributed by atoms with Gasteiger partial charge in [-0.15, -0.1) is 34.2 Å². The van der Waals surface area contributed by atoms with Crippen LogP contribution in [0.4, 0.5) is 0 Å². The fourth-order valence-electron chi connectivity index (χ4n) is 2.71. The second-order valence-corrected chi connectivity index (χ2v) is 6.28. The summed E-state index contributed by atoms with van der Waals surface area (Å²) in [5, 5.41) is 14.8. The predicted octanol–water partition coefficient (Wildman–Crippen LogP) is 3.45.